The first-order chi connectivity index (χ1) is 15.6. The Kier molecular flexibility index (Phi) is 6.81. The van der Waals surface area contributed by atoms with Crippen LogP contribution in [0.3, 0.4) is 0 Å². The predicted molar refractivity (Wildman–Crippen MR) is 123 cm³/mol. The number of methoxy groups -OCH3 is 1. The predicted octanol–water partition coefficient (Wildman–Crippen LogP) is 3.38. The Morgan fingerprint density at radius 1 is 1.03 bits per heavy atom. The van der Waals surface area contributed by atoms with Crippen molar-refractivity contribution in [2.24, 2.45) is 0 Å². The van der Waals surface area contributed by atoms with Gasteiger partial charge in [0.15, 0.2) is 0 Å². The molecule has 0 unspecified atom stereocenters. The van der Waals surface area contributed by atoms with Gasteiger partial charge in [-0.05, 0) is 67.9 Å². The summed E-state index contributed by atoms with van der Waals surface area (Å²) in [5.74, 6) is 0.304. The monoisotopic (exact) mass is 433 g/mol. The zero-order valence-corrected chi connectivity index (χ0v) is 18.1. The molecule has 1 aliphatic rings. The third-order valence-electron chi connectivity index (χ3n) is 5.36. The Morgan fingerprint density at radius 3 is 2.56 bits per heavy atom. The van der Waals surface area contributed by atoms with Gasteiger partial charge in [0.25, 0.3) is 5.91 Å². The van der Waals surface area contributed by atoms with Gasteiger partial charge in [-0.2, -0.15) is 5.10 Å². The molecule has 1 aliphatic heterocycles. The van der Waals surface area contributed by atoms with E-state index < -0.39 is 0 Å². The van der Waals surface area contributed by atoms with Gasteiger partial charge >= 0.3 is 0 Å². The van der Waals surface area contributed by atoms with Crippen LogP contribution in [0.2, 0.25) is 0 Å². The summed E-state index contributed by atoms with van der Waals surface area (Å²) in [6.07, 6.45) is 5.65. The van der Waals surface area contributed by atoms with E-state index >= 15 is 0 Å². The smallest absolute Gasteiger partial charge is 0.255 e. The summed E-state index contributed by atoms with van der Waals surface area (Å²) in [7, 11) is 1.59. The van der Waals surface area contributed by atoms with Gasteiger partial charge in [0.1, 0.15) is 12.3 Å². The molecule has 2 aromatic carbocycles. The SMILES string of the molecule is COc1ccc(NC(=O)Cn2cc(NC(=O)c3cccc(CN4CCCC4)c3)cn2)cc1. The molecule has 1 saturated heterocycles. The number of likely N-dealkylation sites (tertiary alicyclic amines) is 1. The lowest BCUT2D eigenvalue weighted by Crippen LogP contribution is -2.19. The first-order valence-electron chi connectivity index (χ1n) is 10.7. The highest BCUT2D eigenvalue weighted by Gasteiger charge is 2.14. The number of anilines is 2. The van der Waals surface area contributed by atoms with Gasteiger partial charge in [0, 0.05) is 24.0 Å². The molecule has 2 heterocycles. The minimum absolute atomic E-state index is 0.0349. The fraction of sp³-hybridized carbons (Fsp3) is 0.292. The molecule has 166 valence electrons. The number of benzene rings is 2. The van der Waals surface area contributed by atoms with Gasteiger partial charge < -0.3 is 15.4 Å². The summed E-state index contributed by atoms with van der Waals surface area (Å²) >= 11 is 0. The molecular weight excluding hydrogens is 406 g/mol. The average molecular weight is 434 g/mol. The highest BCUT2D eigenvalue weighted by atomic mass is 16.5. The average Bonchev–Trinajstić information content (AvgIpc) is 3.46. The quantitative estimate of drug-likeness (QED) is 0.569. The maximum absolute atomic E-state index is 12.7. The molecule has 0 atom stereocenters. The van der Waals surface area contributed by atoms with E-state index in [2.05, 4.69) is 26.7 Å². The van der Waals surface area contributed by atoms with Crippen molar-refractivity contribution in [2.75, 3.05) is 30.8 Å². The second-order valence-corrected chi connectivity index (χ2v) is 7.84. The van der Waals surface area contributed by atoms with Crippen molar-refractivity contribution >= 4 is 23.2 Å². The molecule has 1 fully saturated rings. The Morgan fingerprint density at radius 2 is 1.81 bits per heavy atom. The first-order valence-corrected chi connectivity index (χ1v) is 10.7. The number of carbonyl (C=O) groups excluding carboxylic acids is 2. The number of aromatic nitrogens is 2. The van der Waals surface area contributed by atoms with Crippen molar-refractivity contribution in [2.45, 2.75) is 25.9 Å². The number of ether oxygens (including phenoxy) is 1. The summed E-state index contributed by atoms with van der Waals surface area (Å²) in [5.41, 5.74) is 2.94. The minimum atomic E-state index is -0.217. The van der Waals surface area contributed by atoms with Gasteiger partial charge in [0.05, 0.1) is 19.0 Å². The van der Waals surface area contributed by atoms with Crippen molar-refractivity contribution in [1.82, 2.24) is 14.7 Å². The molecule has 0 bridgehead atoms. The summed E-state index contributed by atoms with van der Waals surface area (Å²) in [6, 6.07) is 14.8. The molecule has 0 saturated carbocycles. The lowest BCUT2D eigenvalue weighted by Gasteiger charge is -2.15. The zero-order valence-electron chi connectivity index (χ0n) is 18.1. The van der Waals surface area contributed by atoms with Crippen LogP contribution in [0.1, 0.15) is 28.8 Å². The Hall–Kier alpha value is -3.65. The third-order valence-corrected chi connectivity index (χ3v) is 5.36. The standard InChI is InChI=1S/C24H27N5O3/c1-32-22-9-7-20(8-10-22)26-23(30)17-29-16-21(14-25-29)27-24(31)19-6-4-5-18(13-19)15-28-11-2-3-12-28/h4-10,13-14,16H,2-3,11-12,15,17H2,1H3,(H,26,30)(H,27,31). The second kappa shape index (κ2) is 10.1. The van der Waals surface area contributed by atoms with Crippen LogP contribution in [0, 0.1) is 0 Å². The highest BCUT2D eigenvalue weighted by Crippen LogP contribution is 2.16. The van der Waals surface area contributed by atoms with Crippen LogP contribution >= 0.6 is 0 Å². The summed E-state index contributed by atoms with van der Waals surface area (Å²) < 4.78 is 6.59. The summed E-state index contributed by atoms with van der Waals surface area (Å²) in [5, 5.41) is 9.83. The van der Waals surface area contributed by atoms with Crippen LogP contribution in [0.5, 0.6) is 5.75 Å². The van der Waals surface area contributed by atoms with E-state index in [9.17, 15) is 9.59 Å². The van der Waals surface area contributed by atoms with Crippen molar-refractivity contribution in [3.8, 4) is 5.75 Å². The van der Waals surface area contributed by atoms with Crippen molar-refractivity contribution in [3.05, 3.63) is 72.1 Å². The molecule has 3 aromatic rings. The van der Waals surface area contributed by atoms with Crippen LogP contribution in [-0.4, -0.2) is 46.7 Å². The summed E-state index contributed by atoms with van der Waals surface area (Å²) in [6.45, 7) is 3.12. The Labute approximate surface area is 187 Å². The lowest BCUT2D eigenvalue weighted by molar-refractivity contribution is -0.116. The number of rotatable bonds is 8. The summed E-state index contributed by atoms with van der Waals surface area (Å²) in [4.78, 5) is 27.4. The van der Waals surface area contributed by atoms with E-state index in [0.29, 0.717) is 16.9 Å². The molecular formula is C24H27N5O3. The molecule has 1 aromatic heterocycles. The molecule has 0 radical (unpaired) electrons. The topological polar surface area (TPSA) is 88.5 Å². The van der Waals surface area contributed by atoms with Gasteiger partial charge in [-0.15, -0.1) is 0 Å². The largest absolute Gasteiger partial charge is 0.497 e. The van der Waals surface area contributed by atoms with E-state index in [-0.39, 0.29) is 18.4 Å². The second-order valence-electron chi connectivity index (χ2n) is 7.84. The fourth-order valence-corrected chi connectivity index (χ4v) is 3.75. The van der Waals surface area contributed by atoms with Crippen molar-refractivity contribution in [1.29, 1.82) is 0 Å². The van der Waals surface area contributed by atoms with E-state index in [0.717, 1.165) is 30.9 Å². The molecule has 4 rings (SSSR count). The van der Waals surface area contributed by atoms with E-state index in [1.54, 1.807) is 43.6 Å². The Balaban J connectivity index is 1.31. The van der Waals surface area contributed by atoms with Crippen LogP contribution in [-0.2, 0) is 17.9 Å². The van der Waals surface area contributed by atoms with Crippen LogP contribution < -0.4 is 15.4 Å². The number of hydrogen-bond acceptors (Lipinski definition) is 5. The van der Waals surface area contributed by atoms with Crippen LogP contribution in [0.15, 0.2) is 60.9 Å². The molecule has 2 N–H and O–H groups in total. The van der Waals surface area contributed by atoms with E-state index in [1.165, 1.54) is 23.7 Å². The van der Waals surface area contributed by atoms with Crippen LogP contribution in [0.4, 0.5) is 11.4 Å². The van der Waals surface area contributed by atoms with Gasteiger partial charge in [-0.3, -0.25) is 19.2 Å². The lowest BCUT2D eigenvalue weighted by atomic mass is 10.1. The van der Waals surface area contributed by atoms with Crippen molar-refractivity contribution in [3.63, 3.8) is 0 Å². The Bertz CT molecular complexity index is 1070. The minimum Gasteiger partial charge on any atom is -0.497 e. The first kappa shape index (κ1) is 21.6. The van der Waals surface area contributed by atoms with E-state index in [1.807, 2.05) is 12.1 Å². The normalized spacial score (nSPS) is 13.7. The van der Waals surface area contributed by atoms with Gasteiger partial charge in [0.2, 0.25) is 5.91 Å². The number of carbonyl (C=O) groups is 2. The number of nitrogens with zero attached hydrogens (tertiary/aromatic N) is 3. The highest BCUT2D eigenvalue weighted by molar-refractivity contribution is 6.04. The van der Waals surface area contributed by atoms with Crippen molar-refractivity contribution < 1.29 is 14.3 Å². The van der Waals surface area contributed by atoms with Crippen LogP contribution in [0.25, 0.3) is 0 Å². The maximum Gasteiger partial charge on any atom is 0.255 e. The number of hydrogen-bond donors (Lipinski definition) is 2. The molecule has 0 spiro atoms. The maximum atomic E-state index is 12.7. The molecule has 32 heavy (non-hydrogen) atoms. The molecule has 2 amide bonds. The zero-order chi connectivity index (χ0) is 22.3. The van der Waals surface area contributed by atoms with Gasteiger partial charge in [-0.1, -0.05) is 12.1 Å². The molecule has 8 heteroatoms. The molecule has 0 aliphatic carbocycles. The number of amides is 2. The molecule has 8 nitrogen and oxygen atoms in total. The van der Waals surface area contributed by atoms with Gasteiger partial charge in [-0.25, -0.2) is 0 Å². The number of nitrogens with one attached hydrogen (secondary N) is 2. The van der Waals surface area contributed by atoms with E-state index in [4.69, 9.17) is 4.74 Å². The fourth-order valence-electron chi connectivity index (χ4n) is 3.75. The third kappa shape index (κ3) is 5.73.